The molecule has 0 radical (unpaired) electrons. The number of carbonyl (C=O) groups is 2. The van der Waals surface area contributed by atoms with Gasteiger partial charge in [-0.25, -0.2) is 4.79 Å². The molecule has 1 amide bonds. The number of anilines is 1. The molecule has 31 heavy (non-hydrogen) atoms. The minimum Gasteiger partial charge on any atom is -0.466 e. The summed E-state index contributed by atoms with van der Waals surface area (Å²) in [7, 11) is 1.38. The molecule has 0 spiro atoms. The molecule has 1 aliphatic carbocycles. The molecule has 2 aliphatic rings. The first kappa shape index (κ1) is 19.1. The Morgan fingerprint density at radius 1 is 1.10 bits per heavy atom. The second-order valence-corrected chi connectivity index (χ2v) is 7.57. The predicted molar refractivity (Wildman–Crippen MR) is 116 cm³/mol. The van der Waals surface area contributed by atoms with Crippen LogP contribution in [-0.2, 0) is 20.7 Å². The van der Waals surface area contributed by atoms with Gasteiger partial charge < -0.3 is 9.64 Å². The molecule has 3 aromatic rings. The fourth-order valence-corrected chi connectivity index (χ4v) is 4.10. The van der Waals surface area contributed by atoms with E-state index < -0.39 is 0 Å². The van der Waals surface area contributed by atoms with E-state index in [1.807, 2.05) is 30.3 Å². The van der Waals surface area contributed by atoms with E-state index >= 15 is 0 Å². The van der Waals surface area contributed by atoms with Gasteiger partial charge in [0.2, 0.25) is 5.91 Å². The standard InChI is InChI=1S/C24H20N4O3/c1-31-24(30)15-10-20-19(6-7-26-22(20)11-15)16-9-17(13-25-12-16)21-5-4-18(14-27-21)28-8-2-3-23(28)29/h4-7,9-10,12-14H,2-3,8,11H2,1H3. The van der Waals surface area contributed by atoms with Crippen LogP contribution >= 0.6 is 0 Å². The first-order valence-corrected chi connectivity index (χ1v) is 10.1. The van der Waals surface area contributed by atoms with E-state index in [0.29, 0.717) is 18.4 Å². The third kappa shape index (κ3) is 3.48. The van der Waals surface area contributed by atoms with Crippen molar-refractivity contribution in [3.8, 4) is 22.4 Å². The van der Waals surface area contributed by atoms with Crippen LogP contribution in [0.3, 0.4) is 0 Å². The molecule has 0 atom stereocenters. The van der Waals surface area contributed by atoms with Gasteiger partial charge in [0.05, 0.1) is 30.4 Å². The van der Waals surface area contributed by atoms with Crippen LogP contribution in [0.15, 0.2) is 54.6 Å². The average Bonchev–Trinajstić information content (AvgIpc) is 3.45. The summed E-state index contributed by atoms with van der Waals surface area (Å²) in [5, 5.41) is 0. The molecular weight excluding hydrogens is 392 g/mol. The molecule has 1 saturated heterocycles. The molecule has 0 aromatic carbocycles. The van der Waals surface area contributed by atoms with Gasteiger partial charge in [-0.2, -0.15) is 0 Å². The number of aromatic nitrogens is 3. The van der Waals surface area contributed by atoms with Crippen LogP contribution < -0.4 is 4.90 Å². The lowest BCUT2D eigenvalue weighted by atomic mass is 10.00. The van der Waals surface area contributed by atoms with Gasteiger partial charge in [-0.1, -0.05) is 0 Å². The van der Waals surface area contributed by atoms with Crippen LogP contribution in [-0.4, -0.2) is 40.5 Å². The molecule has 0 bridgehead atoms. The Bertz CT molecular complexity index is 1220. The molecule has 0 saturated carbocycles. The van der Waals surface area contributed by atoms with E-state index in [0.717, 1.165) is 52.3 Å². The summed E-state index contributed by atoms with van der Waals surface area (Å²) in [6, 6.07) is 7.78. The van der Waals surface area contributed by atoms with Crippen molar-refractivity contribution in [2.45, 2.75) is 19.3 Å². The lowest BCUT2D eigenvalue weighted by molar-refractivity contribution is -0.136. The highest BCUT2D eigenvalue weighted by atomic mass is 16.5. The summed E-state index contributed by atoms with van der Waals surface area (Å²) in [5.41, 5.74) is 6.70. The van der Waals surface area contributed by atoms with Gasteiger partial charge in [-0.15, -0.1) is 0 Å². The Morgan fingerprint density at radius 3 is 2.71 bits per heavy atom. The zero-order valence-electron chi connectivity index (χ0n) is 17.0. The van der Waals surface area contributed by atoms with E-state index in [4.69, 9.17) is 4.74 Å². The lowest BCUT2D eigenvalue weighted by Crippen LogP contribution is -2.23. The maximum atomic E-state index is 12.0. The molecule has 1 aliphatic heterocycles. The highest BCUT2D eigenvalue weighted by Crippen LogP contribution is 2.34. The molecular formula is C24H20N4O3. The molecule has 0 N–H and O–H groups in total. The maximum absolute atomic E-state index is 12.0. The summed E-state index contributed by atoms with van der Waals surface area (Å²) < 4.78 is 4.86. The summed E-state index contributed by atoms with van der Waals surface area (Å²) in [4.78, 5) is 39.1. The van der Waals surface area contributed by atoms with Crippen molar-refractivity contribution < 1.29 is 14.3 Å². The number of nitrogens with zero attached hydrogens (tertiary/aromatic N) is 4. The highest BCUT2D eigenvalue weighted by Gasteiger charge is 2.24. The fraction of sp³-hybridized carbons (Fsp3) is 0.208. The number of rotatable bonds is 4. The third-order valence-electron chi connectivity index (χ3n) is 5.67. The monoisotopic (exact) mass is 412 g/mol. The van der Waals surface area contributed by atoms with E-state index in [2.05, 4.69) is 15.0 Å². The van der Waals surface area contributed by atoms with Gasteiger partial charge in [-0.3, -0.25) is 19.7 Å². The second-order valence-electron chi connectivity index (χ2n) is 7.57. The van der Waals surface area contributed by atoms with Crippen molar-refractivity contribution in [2.75, 3.05) is 18.6 Å². The van der Waals surface area contributed by atoms with Gasteiger partial charge in [-0.05, 0) is 42.3 Å². The van der Waals surface area contributed by atoms with Crippen LogP contribution in [0.5, 0.6) is 0 Å². The first-order valence-electron chi connectivity index (χ1n) is 10.1. The van der Waals surface area contributed by atoms with E-state index in [1.165, 1.54) is 7.11 Å². The zero-order valence-corrected chi connectivity index (χ0v) is 17.0. The third-order valence-corrected chi connectivity index (χ3v) is 5.67. The SMILES string of the molecule is COC(=O)C1=Cc2c(-c3cncc(-c4ccc(N5CCCC5=O)cn4)c3)ccnc2C1. The van der Waals surface area contributed by atoms with Crippen molar-refractivity contribution in [3.63, 3.8) is 0 Å². The van der Waals surface area contributed by atoms with Crippen molar-refractivity contribution in [3.05, 3.63) is 65.9 Å². The Labute approximate surface area is 179 Å². The average molecular weight is 412 g/mol. The number of hydrogen-bond acceptors (Lipinski definition) is 6. The van der Waals surface area contributed by atoms with Crippen LogP contribution in [0.4, 0.5) is 5.69 Å². The van der Waals surface area contributed by atoms with E-state index in [-0.39, 0.29) is 11.9 Å². The molecule has 1 fully saturated rings. The number of methoxy groups -OCH3 is 1. The van der Waals surface area contributed by atoms with Crippen molar-refractivity contribution >= 4 is 23.6 Å². The summed E-state index contributed by atoms with van der Waals surface area (Å²) >= 11 is 0. The van der Waals surface area contributed by atoms with Crippen molar-refractivity contribution in [1.82, 2.24) is 15.0 Å². The molecule has 154 valence electrons. The van der Waals surface area contributed by atoms with Gasteiger partial charge >= 0.3 is 5.97 Å². The lowest BCUT2D eigenvalue weighted by Gasteiger charge is -2.15. The smallest absolute Gasteiger partial charge is 0.334 e. The number of esters is 1. The highest BCUT2D eigenvalue weighted by molar-refractivity contribution is 5.98. The van der Waals surface area contributed by atoms with Crippen LogP contribution in [0.1, 0.15) is 24.1 Å². The summed E-state index contributed by atoms with van der Waals surface area (Å²) in [6.07, 6.45) is 10.8. The van der Waals surface area contributed by atoms with E-state index in [9.17, 15) is 9.59 Å². The number of carbonyl (C=O) groups excluding carboxylic acids is 2. The largest absolute Gasteiger partial charge is 0.466 e. The first-order chi connectivity index (χ1) is 15.1. The molecule has 5 rings (SSSR count). The molecule has 7 nitrogen and oxygen atoms in total. The Hall–Kier alpha value is -3.87. The Kier molecular flexibility index (Phi) is 4.78. The quantitative estimate of drug-likeness (QED) is 0.610. The van der Waals surface area contributed by atoms with Crippen LogP contribution in [0.2, 0.25) is 0 Å². The normalized spacial score (nSPS) is 15.1. The topological polar surface area (TPSA) is 85.3 Å². The Morgan fingerprint density at radius 2 is 1.97 bits per heavy atom. The maximum Gasteiger partial charge on any atom is 0.334 e. The zero-order chi connectivity index (χ0) is 21.4. The molecule has 0 unspecified atom stereocenters. The number of pyridine rings is 3. The fourth-order valence-electron chi connectivity index (χ4n) is 4.10. The number of amides is 1. The van der Waals surface area contributed by atoms with Crippen LogP contribution in [0, 0.1) is 0 Å². The molecule has 3 aromatic heterocycles. The van der Waals surface area contributed by atoms with Crippen LogP contribution in [0.25, 0.3) is 28.5 Å². The minimum absolute atomic E-state index is 0.143. The minimum atomic E-state index is -0.336. The summed E-state index contributed by atoms with van der Waals surface area (Å²) in [6.45, 7) is 0.741. The van der Waals surface area contributed by atoms with E-state index in [1.54, 1.807) is 29.7 Å². The van der Waals surface area contributed by atoms with Crippen molar-refractivity contribution in [2.24, 2.45) is 0 Å². The van der Waals surface area contributed by atoms with Gasteiger partial charge in [0, 0.05) is 60.2 Å². The van der Waals surface area contributed by atoms with Crippen molar-refractivity contribution in [1.29, 1.82) is 0 Å². The second kappa shape index (κ2) is 7.75. The van der Waals surface area contributed by atoms with Gasteiger partial charge in [0.25, 0.3) is 0 Å². The number of ether oxygens (including phenoxy) is 1. The summed E-state index contributed by atoms with van der Waals surface area (Å²) in [5.74, 6) is -0.194. The Balaban J connectivity index is 1.47. The molecule has 4 heterocycles. The van der Waals surface area contributed by atoms with Gasteiger partial charge in [0.1, 0.15) is 0 Å². The predicted octanol–water partition coefficient (Wildman–Crippen LogP) is 3.44. The molecule has 7 heteroatoms. The number of hydrogen-bond donors (Lipinski definition) is 0. The van der Waals surface area contributed by atoms with Gasteiger partial charge in [0.15, 0.2) is 0 Å². The number of fused-ring (bicyclic) bond motifs is 1.